The number of aromatic nitrogens is 3. The molecule has 0 aliphatic heterocycles. The number of benzene rings is 2. The zero-order valence-corrected chi connectivity index (χ0v) is 13.2. The van der Waals surface area contributed by atoms with Crippen LogP contribution in [-0.2, 0) is 13.0 Å². The molecular formula is C20H19N3. The quantitative estimate of drug-likeness (QED) is 0.552. The molecular weight excluding hydrogens is 282 g/mol. The van der Waals surface area contributed by atoms with Gasteiger partial charge in [-0.05, 0) is 30.2 Å². The summed E-state index contributed by atoms with van der Waals surface area (Å²) in [5.74, 6) is 0. The van der Waals surface area contributed by atoms with Crippen molar-refractivity contribution in [1.82, 2.24) is 14.5 Å². The van der Waals surface area contributed by atoms with E-state index in [1.54, 1.807) is 0 Å². The molecule has 0 aliphatic carbocycles. The number of para-hydroxylation sites is 2. The molecule has 23 heavy (non-hydrogen) atoms. The van der Waals surface area contributed by atoms with Gasteiger partial charge in [0.15, 0.2) is 5.65 Å². The summed E-state index contributed by atoms with van der Waals surface area (Å²) in [5, 5.41) is 0. The lowest BCUT2D eigenvalue weighted by atomic mass is 10.2. The Balaban J connectivity index is 1.91. The number of hydrogen-bond donors (Lipinski definition) is 0. The molecule has 0 saturated heterocycles. The monoisotopic (exact) mass is 301 g/mol. The largest absolute Gasteiger partial charge is 0.324 e. The third kappa shape index (κ3) is 2.59. The number of rotatable bonds is 4. The van der Waals surface area contributed by atoms with E-state index in [0.29, 0.717) is 0 Å². The van der Waals surface area contributed by atoms with E-state index in [1.165, 1.54) is 11.3 Å². The van der Waals surface area contributed by atoms with Crippen molar-refractivity contribution < 1.29 is 0 Å². The zero-order chi connectivity index (χ0) is 15.6. The van der Waals surface area contributed by atoms with Gasteiger partial charge >= 0.3 is 0 Å². The van der Waals surface area contributed by atoms with Crippen molar-refractivity contribution in [3.05, 3.63) is 71.9 Å². The first-order valence-corrected chi connectivity index (χ1v) is 8.14. The Bertz CT molecular complexity index is 955. The van der Waals surface area contributed by atoms with Crippen LogP contribution in [0.15, 0.2) is 60.7 Å². The molecule has 0 saturated carbocycles. The summed E-state index contributed by atoms with van der Waals surface area (Å²) in [6.07, 6.45) is 2.16. The molecule has 0 atom stereocenters. The normalized spacial score (nSPS) is 11.3. The van der Waals surface area contributed by atoms with Crippen molar-refractivity contribution in [2.45, 2.75) is 26.3 Å². The molecule has 4 rings (SSSR count). The fourth-order valence-corrected chi connectivity index (χ4v) is 3.08. The number of hydrogen-bond acceptors (Lipinski definition) is 2. The standard InChI is InChI=1S/C20H19N3/c1-2-8-16-13-19-20(22-18-12-7-6-11-17(18)21-19)23(16)14-15-9-4-3-5-10-15/h3-7,9-13H,2,8,14H2,1H3. The molecule has 3 heteroatoms. The van der Waals surface area contributed by atoms with Crippen molar-refractivity contribution >= 4 is 22.2 Å². The maximum atomic E-state index is 4.88. The highest BCUT2D eigenvalue weighted by Gasteiger charge is 2.12. The lowest BCUT2D eigenvalue weighted by Crippen LogP contribution is -2.05. The first-order chi connectivity index (χ1) is 11.3. The van der Waals surface area contributed by atoms with Crippen LogP contribution in [0.3, 0.4) is 0 Å². The maximum Gasteiger partial charge on any atom is 0.159 e. The van der Waals surface area contributed by atoms with E-state index in [-0.39, 0.29) is 0 Å². The van der Waals surface area contributed by atoms with Gasteiger partial charge < -0.3 is 4.57 Å². The van der Waals surface area contributed by atoms with Crippen molar-refractivity contribution in [2.24, 2.45) is 0 Å². The average Bonchev–Trinajstić information content (AvgIpc) is 2.91. The molecule has 3 nitrogen and oxygen atoms in total. The highest BCUT2D eigenvalue weighted by Crippen LogP contribution is 2.22. The minimum absolute atomic E-state index is 0.840. The SMILES string of the molecule is CCCc1cc2nc3ccccc3nc2n1Cc1ccccc1. The molecule has 0 radical (unpaired) electrons. The molecule has 4 aromatic rings. The average molecular weight is 301 g/mol. The highest BCUT2D eigenvalue weighted by atomic mass is 15.1. The molecule has 0 unspecified atom stereocenters. The third-order valence-electron chi connectivity index (χ3n) is 4.17. The topological polar surface area (TPSA) is 30.7 Å². The van der Waals surface area contributed by atoms with Crippen LogP contribution in [0.4, 0.5) is 0 Å². The number of nitrogens with zero attached hydrogens (tertiary/aromatic N) is 3. The van der Waals surface area contributed by atoms with Crippen LogP contribution in [0.2, 0.25) is 0 Å². The van der Waals surface area contributed by atoms with Gasteiger partial charge in [-0.1, -0.05) is 55.8 Å². The van der Waals surface area contributed by atoms with Crippen molar-refractivity contribution in [2.75, 3.05) is 0 Å². The van der Waals surface area contributed by atoms with Crippen molar-refractivity contribution in [3.63, 3.8) is 0 Å². The molecule has 2 heterocycles. The second-order valence-corrected chi connectivity index (χ2v) is 5.88. The van der Waals surface area contributed by atoms with Crippen LogP contribution in [0.1, 0.15) is 24.6 Å². The van der Waals surface area contributed by atoms with Crippen LogP contribution in [0.5, 0.6) is 0 Å². The summed E-state index contributed by atoms with van der Waals surface area (Å²) in [7, 11) is 0. The Morgan fingerprint density at radius 2 is 1.52 bits per heavy atom. The molecule has 0 amide bonds. The molecule has 114 valence electrons. The molecule has 0 N–H and O–H groups in total. The zero-order valence-electron chi connectivity index (χ0n) is 13.2. The molecule has 2 aromatic carbocycles. The second kappa shape index (κ2) is 5.84. The Hall–Kier alpha value is -2.68. The third-order valence-corrected chi connectivity index (χ3v) is 4.17. The van der Waals surface area contributed by atoms with Crippen LogP contribution in [0.25, 0.3) is 22.2 Å². The van der Waals surface area contributed by atoms with E-state index in [2.05, 4.69) is 47.9 Å². The summed E-state index contributed by atoms with van der Waals surface area (Å²) in [5.41, 5.74) is 6.48. The Labute approximate surface area is 135 Å². The fraction of sp³-hybridized carbons (Fsp3) is 0.200. The summed E-state index contributed by atoms with van der Waals surface area (Å²) < 4.78 is 2.31. The molecule has 0 bridgehead atoms. The van der Waals surface area contributed by atoms with Crippen LogP contribution in [0, 0.1) is 0 Å². The highest BCUT2D eigenvalue weighted by molar-refractivity contribution is 5.85. The predicted octanol–water partition coefficient (Wildman–Crippen LogP) is 4.59. The molecule has 0 fully saturated rings. The summed E-state index contributed by atoms with van der Waals surface area (Å²) >= 11 is 0. The smallest absolute Gasteiger partial charge is 0.159 e. The van der Waals surface area contributed by atoms with Gasteiger partial charge in [-0.15, -0.1) is 0 Å². The molecule has 2 aromatic heterocycles. The Morgan fingerprint density at radius 1 is 0.826 bits per heavy atom. The summed E-state index contributed by atoms with van der Waals surface area (Å²) in [6, 6.07) is 20.8. The van der Waals surface area contributed by atoms with Crippen molar-refractivity contribution in [3.8, 4) is 0 Å². The number of aryl methyl sites for hydroxylation is 1. The second-order valence-electron chi connectivity index (χ2n) is 5.88. The van der Waals surface area contributed by atoms with Gasteiger partial charge in [-0.3, -0.25) is 0 Å². The van der Waals surface area contributed by atoms with Crippen molar-refractivity contribution in [1.29, 1.82) is 0 Å². The van der Waals surface area contributed by atoms with E-state index in [9.17, 15) is 0 Å². The minimum atomic E-state index is 0.840. The molecule has 0 spiro atoms. The van der Waals surface area contributed by atoms with Gasteiger partial charge in [0.25, 0.3) is 0 Å². The van der Waals surface area contributed by atoms with Gasteiger partial charge in [0, 0.05) is 12.2 Å². The van der Waals surface area contributed by atoms with Crippen LogP contribution in [-0.4, -0.2) is 14.5 Å². The first kappa shape index (κ1) is 13.9. The lowest BCUT2D eigenvalue weighted by Gasteiger charge is -2.10. The minimum Gasteiger partial charge on any atom is -0.324 e. The maximum absolute atomic E-state index is 4.88. The van der Waals surface area contributed by atoms with Gasteiger partial charge in [0.2, 0.25) is 0 Å². The van der Waals surface area contributed by atoms with Gasteiger partial charge in [0.1, 0.15) is 5.52 Å². The predicted molar refractivity (Wildman–Crippen MR) is 94.6 cm³/mol. The van der Waals surface area contributed by atoms with E-state index in [4.69, 9.17) is 9.97 Å². The number of fused-ring (bicyclic) bond motifs is 2. The lowest BCUT2D eigenvalue weighted by molar-refractivity contribution is 0.740. The Kier molecular flexibility index (Phi) is 3.54. The van der Waals surface area contributed by atoms with Crippen LogP contribution < -0.4 is 0 Å². The van der Waals surface area contributed by atoms with Gasteiger partial charge in [-0.2, -0.15) is 0 Å². The fourth-order valence-electron chi connectivity index (χ4n) is 3.08. The van der Waals surface area contributed by atoms with E-state index in [0.717, 1.165) is 41.6 Å². The van der Waals surface area contributed by atoms with E-state index < -0.39 is 0 Å². The van der Waals surface area contributed by atoms with Gasteiger partial charge in [0.05, 0.1) is 11.0 Å². The van der Waals surface area contributed by atoms with Gasteiger partial charge in [-0.25, -0.2) is 9.97 Å². The first-order valence-electron chi connectivity index (χ1n) is 8.14. The summed E-state index contributed by atoms with van der Waals surface area (Å²) in [6.45, 7) is 3.05. The molecule has 0 aliphatic rings. The van der Waals surface area contributed by atoms with E-state index in [1.807, 2.05) is 24.3 Å². The summed E-state index contributed by atoms with van der Waals surface area (Å²) in [4.78, 5) is 9.68. The van der Waals surface area contributed by atoms with Crippen LogP contribution >= 0.6 is 0 Å². The van der Waals surface area contributed by atoms with E-state index >= 15 is 0 Å². The Morgan fingerprint density at radius 3 is 2.26 bits per heavy atom.